The minimum absolute atomic E-state index is 0.494. The largest absolute Gasteiger partial charge is 0.0654 e. The smallest absolute Gasteiger partial charge is 0.0354 e. The molecule has 0 aliphatic rings. The Kier molecular flexibility index (Phi) is 9.00. The van der Waals surface area contributed by atoms with Gasteiger partial charge >= 0.3 is 0 Å². The molecular formula is C17H36. The highest BCUT2D eigenvalue weighted by Gasteiger charge is 2.24. The molecule has 104 valence electrons. The third-order valence-corrected chi connectivity index (χ3v) is 3.89. The van der Waals surface area contributed by atoms with Crippen molar-refractivity contribution in [2.45, 2.75) is 92.9 Å². The second-order valence-electron chi connectivity index (χ2n) is 7.25. The molecule has 0 aliphatic heterocycles. The monoisotopic (exact) mass is 240 g/mol. The molecule has 0 bridgehead atoms. The lowest BCUT2D eigenvalue weighted by Crippen LogP contribution is -2.22. The van der Waals surface area contributed by atoms with E-state index in [0.717, 1.165) is 11.8 Å². The van der Waals surface area contributed by atoms with Crippen molar-refractivity contribution in [3.05, 3.63) is 0 Å². The lowest BCUT2D eigenvalue weighted by atomic mass is 9.74. The normalized spacial score (nSPS) is 14.3. The van der Waals surface area contributed by atoms with Crippen LogP contribution in [0, 0.1) is 17.3 Å². The number of rotatable bonds is 9. The Hall–Kier alpha value is 0. The van der Waals surface area contributed by atoms with E-state index in [4.69, 9.17) is 0 Å². The molecule has 0 aromatic rings. The molecule has 1 atom stereocenters. The molecule has 0 radical (unpaired) electrons. The van der Waals surface area contributed by atoms with Gasteiger partial charge in [-0.15, -0.1) is 0 Å². The van der Waals surface area contributed by atoms with E-state index >= 15 is 0 Å². The Morgan fingerprint density at radius 1 is 0.824 bits per heavy atom. The van der Waals surface area contributed by atoms with E-state index in [2.05, 4.69) is 41.5 Å². The summed E-state index contributed by atoms with van der Waals surface area (Å²) < 4.78 is 0. The van der Waals surface area contributed by atoms with Crippen molar-refractivity contribution in [3.63, 3.8) is 0 Å². The van der Waals surface area contributed by atoms with Gasteiger partial charge in [-0.1, -0.05) is 80.1 Å². The van der Waals surface area contributed by atoms with Crippen LogP contribution < -0.4 is 0 Å². The molecule has 0 heterocycles. The summed E-state index contributed by atoms with van der Waals surface area (Å²) in [5, 5.41) is 0. The van der Waals surface area contributed by atoms with Crippen molar-refractivity contribution in [1.82, 2.24) is 0 Å². The predicted molar refractivity (Wildman–Crippen MR) is 80.4 cm³/mol. The van der Waals surface area contributed by atoms with E-state index in [1.165, 1.54) is 51.4 Å². The molecule has 0 amide bonds. The fraction of sp³-hybridized carbons (Fsp3) is 1.00. The van der Waals surface area contributed by atoms with Crippen molar-refractivity contribution in [3.8, 4) is 0 Å². The topological polar surface area (TPSA) is 0 Å². The van der Waals surface area contributed by atoms with Crippen LogP contribution >= 0.6 is 0 Å². The van der Waals surface area contributed by atoms with E-state index in [-0.39, 0.29) is 0 Å². The molecule has 0 aliphatic carbocycles. The first-order valence-electron chi connectivity index (χ1n) is 7.88. The van der Waals surface area contributed by atoms with Gasteiger partial charge in [0, 0.05) is 0 Å². The molecule has 0 aromatic heterocycles. The number of hydrogen-bond donors (Lipinski definition) is 0. The molecule has 17 heavy (non-hydrogen) atoms. The molecule has 0 rings (SSSR count). The Bertz CT molecular complexity index is 161. The summed E-state index contributed by atoms with van der Waals surface area (Å²) in [5.74, 6) is 1.76. The third-order valence-electron chi connectivity index (χ3n) is 3.89. The lowest BCUT2D eigenvalue weighted by molar-refractivity contribution is 0.186. The first-order valence-corrected chi connectivity index (χ1v) is 7.88. The highest BCUT2D eigenvalue weighted by molar-refractivity contribution is 4.75. The zero-order chi connectivity index (χ0) is 13.3. The van der Waals surface area contributed by atoms with Crippen LogP contribution in [0.4, 0.5) is 0 Å². The van der Waals surface area contributed by atoms with Gasteiger partial charge in [0.1, 0.15) is 0 Å². The molecule has 1 unspecified atom stereocenters. The van der Waals surface area contributed by atoms with E-state index in [9.17, 15) is 0 Å². The van der Waals surface area contributed by atoms with Gasteiger partial charge in [-0.2, -0.15) is 0 Å². The van der Waals surface area contributed by atoms with Crippen molar-refractivity contribution in [2.24, 2.45) is 17.3 Å². The first kappa shape index (κ1) is 17.0. The minimum atomic E-state index is 0.494. The summed E-state index contributed by atoms with van der Waals surface area (Å²) in [6.07, 6.45) is 11.4. The highest BCUT2D eigenvalue weighted by Crippen LogP contribution is 2.35. The average Bonchev–Trinajstić information content (AvgIpc) is 2.19. The van der Waals surface area contributed by atoms with Crippen LogP contribution in [0.2, 0.25) is 0 Å². The van der Waals surface area contributed by atoms with Crippen molar-refractivity contribution in [1.29, 1.82) is 0 Å². The molecule has 0 heteroatoms. The third kappa shape index (κ3) is 9.68. The number of hydrogen-bond acceptors (Lipinski definition) is 0. The van der Waals surface area contributed by atoms with E-state index < -0.39 is 0 Å². The van der Waals surface area contributed by atoms with Gasteiger partial charge in [-0.05, 0) is 30.1 Å². The van der Waals surface area contributed by atoms with Crippen LogP contribution in [0.25, 0.3) is 0 Å². The first-order chi connectivity index (χ1) is 7.88. The molecule has 0 nitrogen and oxygen atoms in total. The van der Waals surface area contributed by atoms with Crippen LogP contribution in [-0.4, -0.2) is 0 Å². The summed E-state index contributed by atoms with van der Waals surface area (Å²) in [4.78, 5) is 0. The van der Waals surface area contributed by atoms with Crippen LogP contribution in [-0.2, 0) is 0 Å². The van der Waals surface area contributed by atoms with Gasteiger partial charge in [-0.25, -0.2) is 0 Å². The second kappa shape index (κ2) is 9.00. The zero-order valence-corrected chi connectivity index (χ0v) is 13.3. The standard InChI is InChI=1S/C17H36/c1-7-8-9-10-11-12-13-16(14-15(2)3)17(4,5)6/h15-16H,7-14H2,1-6H3. The van der Waals surface area contributed by atoms with Crippen LogP contribution in [0.1, 0.15) is 92.9 Å². The van der Waals surface area contributed by atoms with Crippen molar-refractivity contribution in [2.75, 3.05) is 0 Å². The quantitative estimate of drug-likeness (QED) is 0.406. The van der Waals surface area contributed by atoms with Crippen molar-refractivity contribution >= 4 is 0 Å². The predicted octanol–water partition coefficient (Wildman–Crippen LogP) is 6.45. The summed E-state index contributed by atoms with van der Waals surface area (Å²) >= 11 is 0. The van der Waals surface area contributed by atoms with E-state index in [1.807, 2.05) is 0 Å². The Morgan fingerprint density at radius 3 is 1.82 bits per heavy atom. The summed E-state index contributed by atoms with van der Waals surface area (Å²) in [6.45, 7) is 14.3. The lowest BCUT2D eigenvalue weighted by Gasteiger charge is -2.32. The molecule has 0 saturated carbocycles. The summed E-state index contributed by atoms with van der Waals surface area (Å²) in [6, 6.07) is 0. The van der Waals surface area contributed by atoms with Gasteiger partial charge in [-0.3, -0.25) is 0 Å². The number of unbranched alkanes of at least 4 members (excludes halogenated alkanes) is 5. The van der Waals surface area contributed by atoms with Gasteiger partial charge in [0.2, 0.25) is 0 Å². The Balaban J connectivity index is 3.77. The van der Waals surface area contributed by atoms with Gasteiger partial charge in [0.15, 0.2) is 0 Å². The molecule has 0 aromatic carbocycles. The van der Waals surface area contributed by atoms with Crippen molar-refractivity contribution < 1.29 is 0 Å². The Labute approximate surface area is 111 Å². The maximum absolute atomic E-state index is 2.41. The van der Waals surface area contributed by atoms with Gasteiger partial charge in [0.25, 0.3) is 0 Å². The summed E-state index contributed by atoms with van der Waals surface area (Å²) in [5.41, 5.74) is 0.494. The average molecular weight is 240 g/mol. The fourth-order valence-corrected chi connectivity index (χ4v) is 2.64. The maximum atomic E-state index is 2.41. The fourth-order valence-electron chi connectivity index (χ4n) is 2.64. The zero-order valence-electron chi connectivity index (χ0n) is 13.3. The van der Waals surface area contributed by atoms with Crippen LogP contribution in [0.3, 0.4) is 0 Å². The van der Waals surface area contributed by atoms with E-state index in [0.29, 0.717) is 5.41 Å². The van der Waals surface area contributed by atoms with Gasteiger partial charge in [0.05, 0.1) is 0 Å². The highest BCUT2D eigenvalue weighted by atomic mass is 14.3. The van der Waals surface area contributed by atoms with Crippen LogP contribution in [0.15, 0.2) is 0 Å². The van der Waals surface area contributed by atoms with E-state index in [1.54, 1.807) is 0 Å². The van der Waals surface area contributed by atoms with Gasteiger partial charge < -0.3 is 0 Å². The molecule has 0 saturated heterocycles. The molecule has 0 spiro atoms. The molecular weight excluding hydrogens is 204 g/mol. The molecule has 0 fully saturated rings. The minimum Gasteiger partial charge on any atom is -0.0654 e. The Morgan fingerprint density at radius 2 is 1.35 bits per heavy atom. The second-order valence-corrected chi connectivity index (χ2v) is 7.25. The summed E-state index contributed by atoms with van der Waals surface area (Å²) in [7, 11) is 0. The van der Waals surface area contributed by atoms with Crippen LogP contribution in [0.5, 0.6) is 0 Å². The maximum Gasteiger partial charge on any atom is -0.0354 e. The molecule has 0 N–H and O–H groups in total. The SMILES string of the molecule is CCCCCCCCC(CC(C)C)C(C)(C)C.